The van der Waals surface area contributed by atoms with Gasteiger partial charge in [-0.3, -0.25) is 0 Å². The highest BCUT2D eigenvalue weighted by Crippen LogP contribution is 2.13. The standard InChI is InChI=1S/C17H37NO/c1-2-3-4-5-6-7-8-9-10-11-12-13-14-15-17(19)16-18/h17,19H,2-16,18H2,1H3/p+1/t17-/m1/s1. The lowest BCUT2D eigenvalue weighted by Gasteiger charge is -2.05. The Kier molecular flexibility index (Phi) is 15.9. The minimum Gasteiger partial charge on any atom is -0.387 e. The third kappa shape index (κ3) is 15.9. The van der Waals surface area contributed by atoms with E-state index < -0.39 is 0 Å². The van der Waals surface area contributed by atoms with Crippen LogP contribution in [0.1, 0.15) is 96.8 Å². The highest BCUT2D eigenvalue weighted by molar-refractivity contribution is 4.53. The monoisotopic (exact) mass is 272 g/mol. The van der Waals surface area contributed by atoms with Crippen LogP contribution in [0.5, 0.6) is 0 Å². The summed E-state index contributed by atoms with van der Waals surface area (Å²) in [7, 11) is 0. The van der Waals surface area contributed by atoms with Crippen molar-refractivity contribution in [2.24, 2.45) is 0 Å². The zero-order valence-electron chi connectivity index (χ0n) is 13.3. The Bertz CT molecular complexity index is 161. The molecule has 0 aliphatic carbocycles. The summed E-state index contributed by atoms with van der Waals surface area (Å²) in [5, 5.41) is 9.37. The number of rotatable bonds is 15. The average molecular weight is 272 g/mol. The Labute approximate surface area is 121 Å². The van der Waals surface area contributed by atoms with Crippen LogP contribution in [-0.2, 0) is 0 Å². The molecule has 0 aliphatic heterocycles. The predicted molar refractivity (Wildman–Crippen MR) is 84.1 cm³/mol. The Morgan fingerprint density at radius 1 is 0.684 bits per heavy atom. The van der Waals surface area contributed by atoms with E-state index in [4.69, 9.17) is 0 Å². The van der Waals surface area contributed by atoms with Gasteiger partial charge in [-0.1, -0.05) is 90.4 Å². The predicted octanol–water partition coefficient (Wildman–Crippen LogP) is 4.07. The molecule has 0 fully saturated rings. The third-order valence-corrected chi connectivity index (χ3v) is 3.97. The summed E-state index contributed by atoms with van der Waals surface area (Å²) in [5.41, 5.74) is 3.72. The summed E-state index contributed by atoms with van der Waals surface area (Å²) in [6.07, 6.45) is 18.8. The Morgan fingerprint density at radius 3 is 1.42 bits per heavy atom. The summed E-state index contributed by atoms with van der Waals surface area (Å²) in [6.45, 7) is 2.94. The maximum atomic E-state index is 9.37. The summed E-state index contributed by atoms with van der Waals surface area (Å²) < 4.78 is 0. The molecule has 0 aromatic heterocycles. The largest absolute Gasteiger partial charge is 0.387 e. The van der Waals surface area contributed by atoms with Crippen molar-refractivity contribution in [1.82, 2.24) is 0 Å². The third-order valence-electron chi connectivity index (χ3n) is 3.97. The smallest absolute Gasteiger partial charge is 0.103 e. The van der Waals surface area contributed by atoms with Crippen LogP contribution >= 0.6 is 0 Å². The number of hydrogen-bond donors (Lipinski definition) is 2. The molecule has 2 heteroatoms. The lowest BCUT2D eigenvalue weighted by Crippen LogP contribution is -2.55. The first kappa shape index (κ1) is 18.9. The van der Waals surface area contributed by atoms with E-state index in [-0.39, 0.29) is 6.10 Å². The van der Waals surface area contributed by atoms with Crippen LogP contribution in [0.4, 0.5) is 0 Å². The van der Waals surface area contributed by atoms with E-state index in [9.17, 15) is 5.11 Å². The van der Waals surface area contributed by atoms with Crippen LogP contribution in [0.25, 0.3) is 0 Å². The van der Waals surface area contributed by atoms with E-state index in [0.29, 0.717) is 6.54 Å². The number of aliphatic hydroxyl groups is 1. The van der Waals surface area contributed by atoms with Crippen molar-refractivity contribution in [2.75, 3.05) is 6.54 Å². The minimum atomic E-state index is -0.160. The van der Waals surface area contributed by atoms with Gasteiger partial charge in [0.2, 0.25) is 0 Å². The lowest BCUT2D eigenvalue weighted by atomic mass is 10.0. The van der Waals surface area contributed by atoms with Gasteiger partial charge in [0.1, 0.15) is 12.6 Å². The summed E-state index contributed by atoms with van der Waals surface area (Å²) in [6, 6.07) is 0. The second-order valence-corrected chi connectivity index (χ2v) is 5.97. The van der Waals surface area contributed by atoms with Crippen LogP contribution in [-0.4, -0.2) is 17.8 Å². The number of aliphatic hydroxyl groups excluding tert-OH is 1. The van der Waals surface area contributed by atoms with Crippen LogP contribution in [0, 0.1) is 0 Å². The quantitative estimate of drug-likeness (QED) is 0.434. The molecule has 0 aromatic rings. The summed E-state index contributed by atoms with van der Waals surface area (Å²) in [5.74, 6) is 0. The van der Waals surface area contributed by atoms with Crippen molar-refractivity contribution in [3.63, 3.8) is 0 Å². The van der Waals surface area contributed by atoms with Gasteiger partial charge in [0, 0.05) is 0 Å². The van der Waals surface area contributed by atoms with Gasteiger partial charge in [-0.05, 0) is 6.42 Å². The molecule has 1 atom stereocenters. The van der Waals surface area contributed by atoms with Crippen LogP contribution in [0.15, 0.2) is 0 Å². The maximum absolute atomic E-state index is 9.37. The first-order valence-electron chi connectivity index (χ1n) is 8.78. The van der Waals surface area contributed by atoms with Gasteiger partial charge in [-0.2, -0.15) is 0 Å². The SMILES string of the molecule is CCCCCCCCCCCCCCC[C@@H](O)C[NH3+]. The molecule has 116 valence electrons. The fourth-order valence-corrected chi connectivity index (χ4v) is 2.54. The highest BCUT2D eigenvalue weighted by atomic mass is 16.3. The molecule has 19 heavy (non-hydrogen) atoms. The Balaban J connectivity index is 2.95. The molecule has 2 nitrogen and oxygen atoms in total. The molecular formula is C17H38NO+. The molecule has 0 heterocycles. The molecule has 0 saturated carbocycles. The van der Waals surface area contributed by atoms with E-state index in [0.717, 1.165) is 6.42 Å². The summed E-state index contributed by atoms with van der Waals surface area (Å²) in [4.78, 5) is 0. The fraction of sp³-hybridized carbons (Fsp3) is 1.00. The Morgan fingerprint density at radius 2 is 1.05 bits per heavy atom. The van der Waals surface area contributed by atoms with Crippen molar-refractivity contribution in [2.45, 2.75) is 103 Å². The van der Waals surface area contributed by atoms with Gasteiger partial charge in [0.25, 0.3) is 0 Å². The number of unbranched alkanes of at least 4 members (excludes halogenated alkanes) is 12. The van der Waals surface area contributed by atoms with Crippen molar-refractivity contribution in [3.05, 3.63) is 0 Å². The lowest BCUT2D eigenvalue weighted by molar-refractivity contribution is -0.384. The molecule has 0 aromatic carbocycles. The zero-order valence-corrected chi connectivity index (χ0v) is 13.3. The van der Waals surface area contributed by atoms with Crippen molar-refractivity contribution < 1.29 is 10.8 Å². The second-order valence-electron chi connectivity index (χ2n) is 5.97. The number of hydrogen-bond acceptors (Lipinski definition) is 1. The van der Waals surface area contributed by atoms with Gasteiger partial charge in [-0.25, -0.2) is 0 Å². The molecule has 0 saturated heterocycles. The molecule has 0 bridgehead atoms. The first-order chi connectivity index (χ1) is 9.31. The second kappa shape index (κ2) is 16.0. The van der Waals surface area contributed by atoms with E-state index in [1.54, 1.807) is 0 Å². The maximum Gasteiger partial charge on any atom is 0.103 e. The molecule has 0 spiro atoms. The van der Waals surface area contributed by atoms with Gasteiger partial charge in [0.05, 0.1) is 0 Å². The van der Waals surface area contributed by atoms with Gasteiger partial charge >= 0.3 is 0 Å². The van der Waals surface area contributed by atoms with Crippen molar-refractivity contribution in [1.29, 1.82) is 0 Å². The molecule has 4 N–H and O–H groups in total. The first-order valence-corrected chi connectivity index (χ1v) is 8.78. The molecule has 0 unspecified atom stereocenters. The zero-order chi connectivity index (χ0) is 14.2. The van der Waals surface area contributed by atoms with Crippen LogP contribution in [0.2, 0.25) is 0 Å². The number of quaternary nitrogens is 1. The molecule has 0 rings (SSSR count). The molecule has 0 radical (unpaired) electrons. The van der Waals surface area contributed by atoms with Crippen molar-refractivity contribution in [3.8, 4) is 0 Å². The van der Waals surface area contributed by atoms with E-state index >= 15 is 0 Å². The van der Waals surface area contributed by atoms with Gasteiger partial charge in [-0.15, -0.1) is 0 Å². The minimum absolute atomic E-state index is 0.160. The average Bonchev–Trinajstić information content (AvgIpc) is 2.43. The molecule has 0 amide bonds. The van der Waals surface area contributed by atoms with Gasteiger partial charge < -0.3 is 10.8 Å². The van der Waals surface area contributed by atoms with E-state index in [1.165, 1.54) is 83.5 Å². The van der Waals surface area contributed by atoms with E-state index in [2.05, 4.69) is 12.7 Å². The highest BCUT2D eigenvalue weighted by Gasteiger charge is 2.01. The van der Waals surface area contributed by atoms with Crippen LogP contribution < -0.4 is 5.73 Å². The topological polar surface area (TPSA) is 47.9 Å². The molecule has 0 aliphatic rings. The summed E-state index contributed by atoms with van der Waals surface area (Å²) >= 11 is 0. The van der Waals surface area contributed by atoms with Gasteiger partial charge in [0.15, 0.2) is 0 Å². The van der Waals surface area contributed by atoms with E-state index in [1.807, 2.05) is 0 Å². The molecular weight excluding hydrogens is 234 g/mol. The van der Waals surface area contributed by atoms with Crippen molar-refractivity contribution >= 4 is 0 Å². The fourth-order valence-electron chi connectivity index (χ4n) is 2.54. The Hall–Kier alpha value is -0.0800. The van der Waals surface area contributed by atoms with Crippen LogP contribution in [0.3, 0.4) is 0 Å². The normalized spacial score (nSPS) is 12.8.